The molecule has 0 unspecified atom stereocenters. The first-order valence-electron chi connectivity index (χ1n) is 0.816. The molecule has 0 bridgehead atoms. The Kier molecular flexibility index (Phi) is 20.0. The molecule has 1 N–H and O–H groups in total. The van der Waals surface area contributed by atoms with Crippen LogP contribution in [0.1, 0.15) is 0 Å². The molecule has 0 rings (SSSR count). The maximum Gasteiger partial charge on any atom is 0 e. The summed E-state index contributed by atoms with van der Waals surface area (Å²) in [5.41, 5.74) is 0. The Bertz CT molecular complexity index is 6.00. The SMILES string of the molecule is [Ac].[CH2-]CO. The molecule has 0 amide bonds. The Morgan fingerprint density at radius 1 is 1.75 bits per heavy atom. The van der Waals surface area contributed by atoms with Crippen LogP contribution in [0.5, 0.6) is 0 Å². The van der Waals surface area contributed by atoms with Crippen molar-refractivity contribution in [3.63, 3.8) is 0 Å². The van der Waals surface area contributed by atoms with Crippen molar-refractivity contribution in [1.82, 2.24) is 0 Å². The van der Waals surface area contributed by atoms with Gasteiger partial charge in [0.1, 0.15) is 0 Å². The topological polar surface area (TPSA) is 20.2 Å². The molecular formula is C2H5AcO-. The van der Waals surface area contributed by atoms with E-state index in [1.807, 2.05) is 0 Å². The standard InChI is InChI=1S/C2H5O.Ac/c1-2-3;/h3H,1-2H2;/q-1;. The predicted octanol–water partition coefficient (Wildman–Crippen LogP) is -0.187. The molecule has 0 aliphatic rings. The van der Waals surface area contributed by atoms with Gasteiger partial charge in [0.15, 0.2) is 0 Å². The molecule has 23 valence electrons. The second-order valence-corrected chi connectivity index (χ2v) is 0.224. The van der Waals surface area contributed by atoms with E-state index in [1.165, 1.54) is 0 Å². The molecule has 0 aromatic carbocycles. The minimum absolute atomic E-state index is 0. The summed E-state index contributed by atoms with van der Waals surface area (Å²) in [6.07, 6.45) is 0. The van der Waals surface area contributed by atoms with E-state index in [0.717, 1.165) is 0 Å². The second-order valence-electron chi connectivity index (χ2n) is 0.224. The molecule has 1 radical (unpaired) electrons. The zero-order chi connectivity index (χ0) is 2.71. The molecule has 0 spiro atoms. The van der Waals surface area contributed by atoms with Crippen LogP contribution in [0.4, 0.5) is 0 Å². The smallest absolute Gasteiger partial charge is 0 e. The molecule has 0 aliphatic carbocycles. The van der Waals surface area contributed by atoms with Crippen LogP contribution in [0.3, 0.4) is 0 Å². The third-order valence-corrected chi connectivity index (χ3v) is 0. The van der Waals surface area contributed by atoms with Crippen LogP contribution in [0.15, 0.2) is 0 Å². The Morgan fingerprint density at radius 3 is 1.75 bits per heavy atom. The van der Waals surface area contributed by atoms with Crippen molar-refractivity contribution in [2.75, 3.05) is 6.61 Å². The Morgan fingerprint density at radius 2 is 1.75 bits per heavy atom. The van der Waals surface area contributed by atoms with E-state index in [2.05, 4.69) is 6.92 Å². The first-order valence-corrected chi connectivity index (χ1v) is 0.816. The van der Waals surface area contributed by atoms with Gasteiger partial charge in [-0.1, -0.05) is 6.61 Å². The van der Waals surface area contributed by atoms with Crippen LogP contribution in [0, 0.1) is 51.0 Å². The van der Waals surface area contributed by atoms with Crippen molar-refractivity contribution < 1.29 is 49.2 Å². The van der Waals surface area contributed by atoms with Gasteiger partial charge >= 0.3 is 0 Å². The van der Waals surface area contributed by atoms with Crippen molar-refractivity contribution in [2.45, 2.75) is 0 Å². The normalized spacial score (nSPS) is 4.50. The number of rotatable bonds is 0. The average molecular weight is 272 g/mol. The van der Waals surface area contributed by atoms with Crippen LogP contribution < -0.4 is 0 Å². The fraction of sp³-hybridized carbons (Fsp3) is 0.500. The van der Waals surface area contributed by atoms with E-state index < -0.39 is 0 Å². The maximum atomic E-state index is 7.46. The van der Waals surface area contributed by atoms with Gasteiger partial charge in [-0.3, -0.25) is 0 Å². The minimum Gasteiger partial charge on any atom is -0.428 e. The monoisotopic (exact) mass is 272 g/mol. The number of hydrogen-bond acceptors (Lipinski definition) is 1. The van der Waals surface area contributed by atoms with Crippen LogP contribution in [-0.2, 0) is 0 Å². The van der Waals surface area contributed by atoms with Crippen molar-refractivity contribution >= 4 is 0 Å². The van der Waals surface area contributed by atoms with E-state index in [4.69, 9.17) is 5.11 Å². The summed E-state index contributed by atoms with van der Waals surface area (Å²) < 4.78 is 0. The molecular weight excluding hydrogens is 267 g/mol. The van der Waals surface area contributed by atoms with Gasteiger partial charge < -0.3 is 12.0 Å². The Labute approximate surface area is 62.0 Å². The van der Waals surface area contributed by atoms with Crippen molar-refractivity contribution in [2.24, 2.45) is 0 Å². The number of aliphatic hydroxyl groups is 1. The van der Waals surface area contributed by atoms with Crippen molar-refractivity contribution in [1.29, 1.82) is 0 Å². The number of hydrogen-bond donors (Lipinski definition) is 1. The first kappa shape index (κ1) is 9.04. The zero-order valence-electron chi connectivity index (χ0n) is 2.44. The van der Waals surface area contributed by atoms with E-state index >= 15 is 0 Å². The third kappa shape index (κ3) is 9.99. The molecule has 2 heteroatoms. The average Bonchev–Trinajstić information content (AvgIpc) is 0.918. The van der Waals surface area contributed by atoms with Crippen LogP contribution >= 0.6 is 0 Å². The van der Waals surface area contributed by atoms with Gasteiger partial charge in [0.25, 0.3) is 0 Å². The van der Waals surface area contributed by atoms with Gasteiger partial charge in [-0.2, -0.15) is 0 Å². The molecule has 0 aromatic heterocycles. The summed E-state index contributed by atoms with van der Waals surface area (Å²) >= 11 is 0. The molecule has 0 atom stereocenters. The molecule has 0 aliphatic heterocycles. The van der Waals surface area contributed by atoms with Crippen molar-refractivity contribution in [3.8, 4) is 0 Å². The van der Waals surface area contributed by atoms with Gasteiger partial charge in [0, 0.05) is 44.1 Å². The predicted molar refractivity (Wildman–Crippen MR) is 12.4 cm³/mol. The minimum atomic E-state index is 0. The summed E-state index contributed by atoms with van der Waals surface area (Å²) in [6, 6.07) is 0. The van der Waals surface area contributed by atoms with Gasteiger partial charge in [-0.15, -0.1) is 0 Å². The fourth-order valence-corrected chi connectivity index (χ4v) is 0. The third-order valence-electron chi connectivity index (χ3n) is 0. The van der Waals surface area contributed by atoms with Crippen molar-refractivity contribution in [3.05, 3.63) is 6.92 Å². The summed E-state index contributed by atoms with van der Waals surface area (Å²) in [6.45, 7) is 3.04. The van der Waals surface area contributed by atoms with Gasteiger partial charge in [-0.05, 0) is 0 Å². The van der Waals surface area contributed by atoms with Crippen LogP contribution in [0.2, 0.25) is 0 Å². The Balaban J connectivity index is 0. The summed E-state index contributed by atoms with van der Waals surface area (Å²) in [7, 11) is 0. The van der Waals surface area contributed by atoms with E-state index in [0.29, 0.717) is 0 Å². The summed E-state index contributed by atoms with van der Waals surface area (Å²) in [5.74, 6) is 0. The second kappa shape index (κ2) is 8.83. The van der Waals surface area contributed by atoms with E-state index in [-0.39, 0.29) is 50.7 Å². The fourth-order valence-electron chi connectivity index (χ4n) is 0. The van der Waals surface area contributed by atoms with Crippen LogP contribution in [0.25, 0.3) is 0 Å². The van der Waals surface area contributed by atoms with Gasteiger partial charge in [-0.25, -0.2) is 0 Å². The largest absolute Gasteiger partial charge is 0.428 e. The zero-order valence-corrected chi connectivity index (χ0v) is 7.18. The maximum absolute atomic E-state index is 7.46. The molecule has 1 nitrogen and oxygen atoms in total. The number of aliphatic hydroxyl groups excluding tert-OH is 1. The van der Waals surface area contributed by atoms with E-state index in [1.54, 1.807) is 0 Å². The molecule has 0 aromatic rings. The molecule has 0 heterocycles. The Hall–Kier alpha value is 1.40. The van der Waals surface area contributed by atoms with Gasteiger partial charge in [0.2, 0.25) is 0 Å². The first-order chi connectivity index (χ1) is 1.41. The summed E-state index contributed by atoms with van der Waals surface area (Å²) in [4.78, 5) is 0. The van der Waals surface area contributed by atoms with Gasteiger partial charge in [0.05, 0.1) is 0 Å². The quantitative estimate of drug-likeness (QED) is 0.606. The molecule has 0 saturated carbocycles. The molecule has 0 saturated heterocycles. The molecule has 4 heavy (non-hydrogen) atoms. The summed E-state index contributed by atoms with van der Waals surface area (Å²) in [5, 5.41) is 7.46. The van der Waals surface area contributed by atoms with E-state index in [9.17, 15) is 0 Å². The molecule has 0 fully saturated rings. The van der Waals surface area contributed by atoms with Crippen LogP contribution in [-0.4, -0.2) is 11.7 Å².